The van der Waals surface area contributed by atoms with Crippen LogP contribution >= 0.6 is 11.3 Å². The molecule has 2 aromatic rings. The Morgan fingerprint density at radius 2 is 2.00 bits per heavy atom. The first kappa shape index (κ1) is 18.1. The number of hydrogen-bond donors (Lipinski definition) is 1. The highest BCUT2D eigenvalue weighted by Crippen LogP contribution is 2.27. The number of thiazole rings is 1. The lowest BCUT2D eigenvalue weighted by molar-refractivity contribution is -0.142. The topological polar surface area (TPSA) is 81.2 Å². The van der Waals surface area contributed by atoms with E-state index in [0.29, 0.717) is 4.88 Å². The van der Waals surface area contributed by atoms with Crippen molar-refractivity contribution in [1.29, 1.82) is 0 Å². The molecule has 1 unspecified atom stereocenters. The SMILES string of the molecule is COC(=O)CC(C)(NC(=O)c1cnc(C(C)C)s1)c1ccncc1. The number of carbonyl (C=O) groups is 2. The molecule has 0 aliphatic heterocycles. The lowest BCUT2D eigenvalue weighted by Crippen LogP contribution is -2.45. The Hall–Kier alpha value is -2.28. The quantitative estimate of drug-likeness (QED) is 0.813. The van der Waals surface area contributed by atoms with E-state index in [1.165, 1.54) is 18.4 Å². The van der Waals surface area contributed by atoms with Gasteiger partial charge in [0, 0.05) is 18.3 Å². The Bertz CT molecular complexity index is 715. The molecular formula is C17H21N3O3S. The van der Waals surface area contributed by atoms with E-state index in [2.05, 4.69) is 15.3 Å². The van der Waals surface area contributed by atoms with Crippen molar-refractivity contribution in [2.24, 2.45) is 0 Å². The maximum atomic E-state index is 12.6. The molecule has 0 saturated heterocycles. The number of hydrogen-bond acceptors (Lipinski definition) is 6. The van der Waals surface area contributed by atoms with Crippen molar-refractivity contribution in [3.05, 3.63) is 46.2 Å². The lowest BCUT2D eigenvalue weighted by atomic mass is 9.89. The minimum atomic E-state index is -0.894. The van der Waals surface area contributed by atoms with Crippen molar-refractivity contribution >= 4 is 23.2 Å². The zero-order chi connectivity index (χ0) is 17.7. The smallest absolute Gasteiger partial charge is 0.308 e. The molecule has 1 N–H and O–H groups in total. The van der Waals surface area contributed by atoms with Gasteiger partial charge in [0.05, 0.1) is 30.3 Å². The van der Waals surface area contributed by atoms with E-state index in [9.17, 15) is 9.59 Å². The van der Waals surface area contributed by atoms with Crippen molar-refractivity contribution in [3.63, 3.8) is 0 Å². The summed E-state index contributed by atoms with van der Waals surface area (Å²) in [6.07, 6.45) is 4.84. The molecule has 0 saturated carbocycles. The highest BCUT2D eigenvalue weighted by atomic mass is 32.1. The fourth-order valence-corrected chi connectivity index (χ4v) is 3.09. The number of aromatic nitrogens is 2. The molecule has 6 nitrogen and oxygen atoms in total. The molecule has 2 aromatic heterocycles. The van der Waals surface area contributed by atoms with E-state index in [0.717, 1.165) is 10.6 Å². The van der Waals surface area contributed by atoms with E-state index in [1.54, 1.807) is 37.6 Å². The predicted octanol–water partition coefficient (Wildman–Crippen LogP) is 2.87. The predicted molar refractivity (Wildman–Crippen MR) is 91.9 cm³/mol. The van der Waals surface area contributed by atoms with Gasteiger partial charge in [-0.2, -0.15) is 0 Å². The zero-order valence-corrected chi connectivity index (χ0v) is 15.0. The largest absolute Gasteiger partial charge is 0.469 e. The van der Waals surface area contributed by atoms with Crippen LogP contribution in [0.15, 0.2) is 30.7 Å². The van der Waals surface area contributed by atoms with E-state index < -0.39 is 11.5 Å². The molecule has 0 aromatic carbocycles. The summed E-state index contributed by atoms with van der Waals surface area (Å²) in [6, 6.07) is 3.55. The maximum Gasteiger partial charge on any atom is 0.308 e. The van der Waals surface area contributed by atoms with E-state index in [-0.39, 0.29) is 18.2 Å². The maximum absolute atomic E-state index is 12.6. The molecule has 0 radical (unpaired) electrons. The van der Waals surface area contributed by atoms with Gasteiger partial charge in [0.25, 0.3) is 5.91 Å². The summed E-state index contributed by atoms with van der Waals surface area (Å²) in [5.41, 5.74) is -0.111. The summed E-state index contributed by atoms with van der Waals surface area (Å²) in [6.45, 7) is 5.85. The van der Waals surface area contributed by atoms with Gasteiger partial charge in [0.15, 0.2) is 0 Å². The highest BCUT2D eigenvalue weighted by molar-refractivity contribution is 7.13. The number of ether oxygens (including phenoxy) is 1. The van der Waals surface area contributed by atoms with Crippen molar-refractivity contribution in [3.8, 4) is 0 Å². The summed E-state index contributed by atoms with van der Waals surface area (Å²) in [7, 11) is 1.33. The van der Waals surface area contributed by atoms with Gasteiger partial charge >= 0.3 is 5.97 Å². The normalized spacial score (nSPS) is 13.4. The molecule has 0 bridgehead atoms. The van der Waals surface area contributed by atoms with Crippen LogP contribution < -0.4 is 5.32 Å². The van der Waals surface area contributed by atoms with Crippen LogP contribution in [0.4, 0.5) is 0 Å². The van der Waals surface area contributed by atoms with Gasteiger partial charge in [-0.1, -0.05) is 13.8 Å². The third-order valence-corrected chi connectivity index (χ3v) is 4.97. The van der Waals surface area contributed by atoms with Gasteiger partial charge in [-0.05, 0) is 24.6 Å². The Labute approximate surface area is 145 Å². The first-order valence-corrected chi connectivity index (χ1v) is 8.43. The first-order valence-electron chi connectivity index (χ1n) is 7.61. The number of rotatable bonds is 6. The van der Waals surface area contributed by atoms with E-state index in [1.807, 2.05) is 13.8 Å². The molecule has 1 atom stereocenters. The van der Waals surface area contributed by atoms with Crippen LogP contribution in [0, 0.1) is 0 Å². The lowest BCUT2D eigenvalue weighted by Gasteiger charge is -2.30. The second kappa shape index (κ2) is 7.53. The molecule has 7 heteroatoms. The second-order valence-electron chi connectivity index (χ2n) is 5.99. The molecule has 1 amide bonds. The van der Waals surface area contributed by atoms with Crippen LogP contribution in [-0.2, 0) is 15.1 Å². The fraction of sp³-hybridized carbons (Fsp3) is 0.412. The number of pyridine rings is 1. The number of amides is 1. The molecule has 0 fully saturated rings. The summed E-state index contributed by atoms with van der Waals surface area (Å²) in [5.74, 6) is -0.400. The third kappa shape index (κ3) is 4.17. The average Bonchev–Trinajstić information content (AvgIpc) is 3.06. The van der Waals surface area contributed by atoms with Gasteiger partial charge in [-0.3, -0.25) is 14.6 Å². The molecule has 2 rings (SSSR count). The van der Waals surface area contributed by atoms with Gasteiger partial charge < -0.3 is 10.1 Å². The summed E-state index contributed by atoms with van der Waals surface area (Å²) < 4.78 is 4.77. The standard InChI is InChI=1S/C17H21N3O3S/c1-11(2)16-19-10-13(24-16)15(22)20-17(3,9-14(21)23-4)12-5-7-18-8-6-12/h5-8,10-11H,9H2,1-4H3,(H,20,22). The Morgan fingerprint density at radius 1 is 1.33 bits per heavy atom. The monoisotopic (exact) mass is 347 g/mol. The molecule has 128 valence electrons. The van der Waals surface area contributed by atoms with Gasteiger partial charge in [0.1, 0.15) is 4.88 Å². The second-order valence-corrected chi connectivity index (χ2v) is 7.05. The minimum Gasteiger partial charge on any atom is -0.469 e. The molecule has 24 heavy (non-hydrogen) atoms. The average molecular weight is 347 g/mol. The number of esters is 1. The molecule has 2 heterocycles. The Morgan fingerprint density at radius 3 is 2.54 bits per heavy atom. The number of carbonyl (C=O) groups excluding carboxylic acids is 2. The zero-order valence-electron chi connectivity index (χ0n) is 14.2. The minimum absolute atomic E-state index is 0.0229. The summed E-state index contributed by atoms with van der Waals surface area (Å²) in [5, 5.41) is 3.85. The van der Waals surface area contributed by atoms with Crippen molar-refractivity contribution in [2.45, 2.75) is 38.6 Å². The molecule has 0 spiro atoms. The number of nitrogens with zero attached hydrogens (tertiary/aromatic N) is 2. The number of nitrogens with one attached hydrogen (secondary N) is 1. The van der Waals surface area contributed by atoms with E-state index in [4.69, 9.17) is 4.74 Å². The number of methoxy groups -OCH3 is 1. The Kier molecular flexibility index (Phi) is 5.66. The van der Waals surface area contributed by atoms with Crippen molar-refractivity contribution in [1.82, 2.24) is 15.3 Å². The van der Waals surface area contributed by atoms with Crippen LogP contribution in [0.2, 0.25) is 0 Å². The van der Waals surface area contributed by atoms with Crippen LogP contribution in [0.25, 0.3) is 0 Å². The summed E-state index contributed by atoms with van der Waals surface area (Å²) in [4.78, 5) is 33.2. The molecule has 0 aliphatic carbocycles. The van der Waals surface area contributed by atoms with E-state index >= 15 is 0 Å². The fourth-order valence-electron chi connectivity index (χ4n) is 2.27. The van der Waals surface area contributed by atoms with Crippen LogP contribution in [0.3, 0.4) is 0 Å². The Balaban J connectivity index is 2.27. The van der Waals surface area contributed by atoms with Crippen LogP contribution in [0.1, 0.15) is 53.4 Å². The third-order valence-electron chi connectivity index (χ3n) is 3.67. The van der Waals surface area contributed by atoms with Gasteiger partial charge in [-0.25, -0.2) is 4.98 Å². The van der Waals surface area contributed by atoms with Crippen LogP contribution in [-0.4, -0.2) is 29.0 Å². The van der Waals surface area contributed by atoms with Crippen LogP contribution in [0.5, 0.6) is 0 Å². The van der Waals surface area contributed by atoms with Crippen molar-refractivity contribution < 1.29 is 14.3 Å². The van der Waals surface area contributed by atoms with Gasteiger partial charge in [-0.15, -0.1) is 11.3 Å². The first-order chi connectivity index (χ1) is 11.4. The van der Waals surface area contributed by atoms with Gasteiger partial charge in [0.2, 0.25) is 0 Å². The highest BCUT2D eigenvalue weighted by Gasteiger charge is 2.33. The molecule has 0 aliphatic rings. The summed E-state index contributed by atoms with van der Waals surface area (Å²) >= 11 is 1.36. The molecular weight excluding hydrogens is 326 g/mol. The van der Waals surface area contributed by atoms with Crippen molar-refractivity contribution in [2.75, 3.05) is 7.11 Å².